The minimum Gasteiger partial charge on any atom is -0.305 e. The summed E-state index contributed by atoms with van der Waals surface area (Å²) in [7, 11) is 0. The second kappa shape index (κ2) is 4.67. The van der Waals surface area contributed by atoms with E-state index in [-0.39, 0.29) is 11.1 Å². The lowest BCUT2D eigenvalue weighted by molar-refractivity contribution is 0.102. The van der Waals surface area contributed by atoms with Crippen LogP contribution in [0.3, 0.4) is 0 Å². The first kappa shape index (κ1) is 10.5. The molecule has 0 aliphatic rings. The number of rotatable bonds is 2. The summed E-state index contributed by atoms with van der Waals surface area (Å²) in [5.74, 6) is 0.0583. The summed E-state index contributed by atoms with van der Waals surface area (Å²) in [4.78, 5) is 15.5. The van der Waals surface area contributed by atoms with Crippen LogP contribution in [0.15, 0.2) is 36.7 Å². The molecule has 0 saturated heterocycles. The van der Waals surface area contributed by atoms with E-state index in [2.05, 4.69) is 20.5 Å². The van der Waals surface area contributed by atoms with Crippen molar-refractivity contribution in [3.05, 3.63) is 47.4 Å². The fourth-order valence-corrected chi connectivity index (χ4v) is 1.17. The van der Waals surface area contributed by atoms with E-state index in [0.29, 0.717) is 11.4 Å². The molecule has 0 radical (unpaired) electrons. The number of nitrogens with one attached hydrogen (secondary N) is 1. The zero-order valence-corrected chi connectivity index (χ0v) is 8.85. The second-order valence-electron chi connectivity index (χ2n) is 2.94. The summed E-state index contributed by atoms with van der Waals surface area (Å²) < 4.78 is 0. The first-order valence-corrected chi connectivity index (χ1v) is 4.84. The molecule has 0 aliphatic heterocycles. The third kappa shape index (κ3) is 2.52. The number of pyridine rings is 1. The van der Waals surface area contributed by atoms with Gasteiger partial charge in [0, 0.05) is 12.4 Å². The Kier molecular flexibility index (Phi) is 3.07. The Bertz CT molecular complexity index is 486. The van der Waals surface area contributed by atoms with Crippen LogP contribution in [0.5, 0.6) is 0 Å². The first-order valence-electron chi connectivity index (χ1n) is 4.46. The number of carbonyl (C=O) groups is 1. The summed E-state index contributed by atoms with van der Waals surface area (Å²) in [6.45, 7) is 0. The van der Waals surface area contributed by atoms with Crippen LogP contribution < -0.4 is 5.32 Å². The van der Waals surface area contributed by atoms with Crippen molar-refractivity contribution in [1.82, 2.24) is 15.2 Å². The van der Waals surface area contributed by atoms with Crippen LogP contribution >= 0.6 is 11.6 Å². The van der Waals surface area contributed by atoms with E-state index < -0.39 is 0 Å². The van der Waals surface area contributed by atoms with E-state index >= 15 is 0 Å². The SMILES string of the molecule is O=C(Nc1ccc(Cl)nn1)c1cccnc1. The molecule has 0 bridgehead atoms. The molecular weight excluding hydrogens is 228 g/mol. The molecule has 5 nitrogen and oxygen atoms in total. The molecule has 2 heterocycles. The van der Waals surface area contributed by atoms with Gasteiger partial charge in [-0.05, 0) is 24.3 Å². The van der Waals surface area contributed by atoms with E-state index in [1.165, 1.54) is 6.20 Å². The highest BCUT2D eigenvalue weighted by atomic mass is 35.5. The van der Waals surface area contributed by atoms with Crippen molar-refractivity contribution in [2.75, 3.05) is 5.32 Å². The molecule has 1 amide bonds. The highest BCUT2D eigenvalue weighted by molar-refractivity contribution is 6.29. The van der Waals surface area contributed by atoms with Crippen LogP contribution in [0, 0.1) is 0 Å². The zero-order chi connectivity index (χ0) is 11.4. The summed E-state index contributed by atoms with van der Waals surface area (Å²) in [5.41, 5.74) is 0.458. The van der Waals surface area contributed by atoms with E-state index in [1.54, 1.807) is 30.5 Å². The Morgan fingerprint density at radius 3 is 2.75 bits per heavy atom. The van der Waals surface area contributed by atoms with Gasteiger partial charge in [-0.3, -0.25) is 9.78 Å². The average molecular weight is 235 g/mol. The third-order valence-electron chi connectivity index (χ3n) is 1.80. The predicted octanol–water partition coefficient (Wildman–Crippen LogP) is 1.78. The van der Waals surface area contributed by atoms with Gasteiger partial charge in [0.2, 0.25) is 0 Å². The molecular formula is C10H7ClN4O. The fraction of sp³-hybridized carbons (Fsp3) is 0. The largest absolute Gasteiger partial charge is 0.305 e. The van der Waals surface area contributed by atoms with Crippen molar-refractivity contribution in [1.29, 1.82) is 0 Å². The molecule has 2 aromatic rings. The predicted molar refractivity (Wildman–Crippen MR) is 59.2 cm³/mol. The Hall–Kier alpha value is -2.01. The summed E-state index contributed by atoms with van der Waals surface area (Å²) >= 11 is 5.57. The van der Waals surface area contributed by atoms with Crippen molar-refractivity contribution in [3.63, 3.8) is 0 Å². The van der Waals surface area contributed by atoms with Crippen molar-refractivity contribution < 1.29 is 4.79 Å². The second-order valence-corrected chi connectivity index (χ2v) is 3.32. The zero-order valence-electron chi connectivity index (χ0n) is 8.09. The molecule has 0 aliphatic carbocycles. The van der Waals surface area contributed by atoms with Gasteiger partial charge in [0.15, 0.2) is 11.0 Å². The molecule has 80 valence electrons. The highest BCUT2D eigenvalue weighted by Crippen LogP contribution is 2.07. The number of amides is 1. The minimum atomic E-state index is -0.287. The number of halogens is 1. The van der Waals surface area contributed by atoms with Gasteiger partial charge >= 0.3 is 0 Å². The lowest BCUT2D eigenvalue weighted by Gasteiger charge is -2.02. The van der Waals surface area contributed by atoms with E-state index in [0.717, 1.165) is 0 Å². The van der Waals surface area contributed by atoms with Gasteiger partial charge in [-0.2, -0.15) is 0 Å². The molecule has 16 heavy (non-hydrogen) atoms. The average Bonchev–Trinajstić information content (AvgIpc) is 2.33. The van der Waals surface area contributed by atoms with Crippen LogP contribution in [0.4, 0.5) is 5.82 Å². The van der Waals surface area contributed by atoms with Crippen molar-refractivity contribution >= 4 is 23.3 Å². The molecule has 6 heteroatoms. The number of hydrogen-bond donors (Lipinski definition) is 1. The van der Waals surface area contributed by atoms with Crippen LogP contribution in [0.1, 0.15) is 10.4 Å². The van der Waals surface area contributed by atoms with Crippen LogP contribution in [-0.4, -0.2) is 21.1 Å². The number of anilines is 1. The molecule has 1 N–H and O–H groups in total. The maximum absolute atomic E-state index is 11.6. The molecule has 2 rings (SSSR count). The molecule has 2 aromatic heterocycles. The minimum absolute atomic E-state index is 0.277. The molecule has 0 spiro atoms. The molecule has 0 unspecified atom stereocenters. The maximum atomic E-state index is 11.6. The molecule has 0 saturated carbocycles. The van der Waals surface area contributed by atoms with E-state index in [1.807, 2.05) is 0 Å². The number of nitrogens with zero attached hydrogens (tertiary/aromatic N) is 3. The number of aromatic nitrogens is 3. The van der Waals surface area contributed by atoms with Gasteiger partial charge in [-0.15, -0.1) is 10.2 Å². The van der Waals surface area contributed by atoms with Gasteiger partial charge in [0.25, 0.3) is 5.91 Å². The quantitative estimate of drug-likeness (QED) is 0.860. The number of hydrogen-bond acceptors (Lipinski definition) is 4. The van der Waals surface area contributed by atoms with Gasteiger partial charge in [-0.1, -0.05) is 11.6 Å². The molecule has 0 fully saturated rings. The lowest BCUT2D eigenvalue weighted by Crippen LogP contribution is -2.13. The summed E-state index contributed by atoms with van der Waals surface area (Å²) in [6.07, 6.45) is 3.07. The summed E-state index contributed by atoms with van der Waals surface area (Å²) in [6, 6.07) is 6.46. The Balaban J connectivity index is 2.11. The summed E-state index contributed by atoms with van der Waals surface area (Å²) in [5, 5.41) is 10.2. The van der Waals surface area contributed by atoms with Crippen LogP contribution in [-0.2, 0) is 0 Å². The first-order chi connectivity index (χ1) is 7.75. The van der Waals surface area contributed by atoms with Gasteiger partial charge in [-0.25, -0.2) is 0 Å². The Morgan fingerprint density at radius 2 is 2.12 bits per heavy atom. The van der Waals surface area contributed by atoms with Crippen molar-refractivity contribution in [2.24, 2.45) is 0 Å². The standard InChI is InChI=1S/C10H7ClN4O/c11-8-3-4-9(15-14-8)13-10(16)7-2-1-5-12-6-7/h1-6H,(H,13,15,16). The normalized spacial score (nSPS) is 9.81. The van der Waals surface area contributed by atoms with E-state index in [9.17, 15) is 4.79 Å². The van der Waals surface area contributed by atoms with Crippen molar-refractivity contribution in [3.8, 4) is 0 Å². The third-order valence-corrected chi connectivity index (χ3v) is 2.00. The smallest absolute Gasteiger partial charge is 0.258 e. The van der Waals surface area contributed by atoms with Gasteiger partial charge in [0.1, 0.15) is 0 Å². The van der Waals surface area contributed by atoms with Crippen LogP contribution in [0.25, 0.3) is 0 Å². The maximum Gasteiger partial charge on any atom is 0.258 e. The Labute approximate surface area is 96.5 Å². The molecule has 0 atom stereocenters. The Morgan fingerprint density at radius 1 is 1.25 bits per heavy atom. The monoisotopic (exact) mass is 234 g/mol. The van der Waals surface area contributed by atoms with E-state index in [4.69, 9.17) is 11.6 Å². The van der Waals surface area contributed by atoms with Crippen molar-refractivity contribution in [2.45, 2.75) is 0 Å². The van der Waals surface area contributed by atoms with Crippen LogP contribution in [0.2, 0.25) is 5.15 Å². The highest BCUT2D eigenvalue weighted by Gasteiger charge is 2.06. The van der Waals surface area contributed by atoms with Gasteiger partial charge < -0.3 is 5.32 Å². The fourth-order valence-electron chi connectivity index (χ4n) is 1.07. The topological polar surface area (TPSA) is 67.8 Å². The number of carbonyl (C=O) groups excluding carboxylic acids is 1. The lowest BCUT2D eigenvalue weighted by atomic mass is 10.3. The molecule has 0 aromatic carbocycles. The van der Waals surface area contributed by atoms with Gasteiger partial charge in [0.05, 0.1) is 5.56 Å².